The minimum absolute atomic E-state index is 0.784. The molecule has 0 aromatic carbocycles. The molecule has 0 saturated heterocycles. The van der Waals surface area contributed by atoms with Crippen LogP contribution < -0.4 is 0 Å². The lowest BCUT2D eigenvalue weighted by molar-refractivity contribution is -0.528. The maximum atomic E-state index is 11.2. The second kappa shape index (κ2) is 5.05. The standard InChI is InChI=1S/C7H9NO8/c1-14-4(9)7(8(12)13,5(10)15-2)6(11)16-3/h1-3H3. The van der Waals surface area contributed by atoms with E-state index in [0.29, 0.717) is 0 Å². The fourth-order valence-corrected chi connectivity index (χ4v) is 0.917. The van der Waals surface area contributed by atoms with Crippen molar-refractivity contribution in [1.29, 1.82) is 0 Å². The van der Waals surface area contributed by atoms with E-state index in [0.717, 1.165) is 21.3 Å². The van der Waals surface area contributed by atoms with Crippen LogP contribution in [0.25, 0.3) is 0 Å². The Bertz CT molecular complexity index is 294. The summed E-state index contributed by atoms with van der Waals surface area (Å²) in [7, 11) is 2.35. The van der Waals surface area contributed by atoms with Gasteiger partial charge in [0.15, 0.2) is 0 Å². The molecule has 9 nitrogen and oxygen atoms in total. The molecule has 0 aromatic heterocycles. The number of nitro groups is 1. The molecule has 16 heavy (non-hydrogen) atoms. The first-order valence-corrected chi connectivity index (χ1v) is 3.79. The second-order valence-corrected chi connectivity index (χ2v) is 2.44. The Labute approximate surface area is 89.4 Å². The number of methoxy groups -OCH3 is 3. The van der Waals surface area contributed by atoms with Crippen LogP contribution in [0.1, 0.15) is 0 Å². The van der Waals surface area contributed by atoms with Crippen LogP contribution in [0.2, 0.25) is 0 Å². The van der Waals surface area contributed by atoms with Gasteiger partial charge in [0, 0.05) is 0 Å². The van der Waals surface area contributed by atoms with Gasteiger partial charge in [-0.1, -0.05) is 0 Å². The molecule has 0 bridgehead atoms. The van der Waals surface area contributed by atoms with E-state index in [2.05, 4.69) is 14.2 Å². The fraction of sp³-hybridized carbons (Fsp3) is 0.571. The lowest BCUT2D eigenvalue weighted by Gasteiger charge is -2.16. The summed E-state index contributed by atoms with van der Waals surface area (Å²) in [6.07, 6.45) is 0. The topological polar surface area (TPSA) is 122 Å². The molecular weight excluding hydrogens is 226 g/mol. The van der Waals surface area contributed by atoms with Crippen LogP contribution in [0.4, 0.5) is 0 Å². The number of carbonyl (C=O) groups excluding carboxylic acids is 3. The predicted octanol–water partition coefficient (Wildman–Crippen LogP) is -1.48. The van der Waals surface area contributed by atoms with Crippen LogP contribution in [0, 0.1) is 10.1 Å². The molecule has 0 saturated carbocycles. The third kappa shape index (κ3) is 1.78. The van der Waals surface area contributed by atoms with Crippen LogP contribution in [0.3, 0.4) is 0 Å². The molecule has 0 aromatic rings. The van der Waals surface area contributed by atoms with Crippen LogP contribution in [0.5, 0.6) is 0 Å². The van der Waals surface area contributed by atoms with Crippen molar-refractivity contribution in [2.45, 2.75) is 5.54 Å². The highest BCUT2D eigenvalue weighted by atomic mass is 16.7. The summed E-state index contributed by atoms with van der Waals surface area (Å²) in [5.41, 5.74) is -3.34. The fourth-order valence-electron chi connectivity index (χ4n) is 0.917. The van der Waals surface area contributed by atoms with Gasteiger partial charge in [0.1, 0.15) is 0 Å². The summed E-state index contributed by atoms with van der Waals surface area (Å²) in [6, 6.07) is 0. The van der Waals surface area contributed by atoms with E-state index in [9.17, 15) is 24.5 Å². The molecule has 0 spiro atoms. The van der Waals surface area contributed by atoms with E-state index in [1.807, 2.05) is 0 Å². The monoisotopic (exact) mass is 235 g/mol. The number of esters is 3. The smallest absolute Gasteiger partial charge is 0.463 e. The van der Waals surface area contributed by atoms with Gasteiger partial charge >= 0.3 is 23.4 Å². The number of carbonyl (C=O) groups is 3. The van der Waals surface area contributed by atoms with E-state index in [-0.39, 0.29) is 0 Å². The van der Waals surface area contributed by atoms with E-state index < -0.39 is 28.4 Å². The molecule has 0 rings (SSSR count). The van der Waals surface area contributed by atoms with Crippen LogP contribution in [-0.2, 0) is 28.6 Å². The summed E-state index contributed by atoms with van der Waals surface area (Å²) < 4.78 is 12.1. The molecule has 0 radical (unpaired) electrons. The van der Waals surface area contributed by atoms with Crippen LogP contribution in [0.15, 0.2) is 0 Å². The first-order valence-electron chi connectivity index (χ1n) is 3.79. The number of rotatable bonds is 4. The highest BCUT2D eigenvalue weighted by Gasteiger charge is 2.70. The van der Waals surface area contributed by atoms with E-state index in [1.54, 1.807) is 0 Å². The van der Waals surface area contributed by atoms with Gasteiger partial charge in [-0.05, 0) is 0 Å². The molecule has 90 valence electrons. The van der Waals surface area contributed by atoms with Crippen molar-refractivity contribution in [2.24, 2.45) is 0 Å². The largest absolute Gasteiger partial charge is 0.503 e. The molecule has 0 fully saturated rings. The number of hydrogen-bond donors (Lipinski definition) is 0. The second-order valence-electron chi connectivity index (χ2n) is 2.44. The van der Waals surface area contributed by atoms with Crippen molar-refractivity contribution in [3.63, 3.8) is 0 Å². The Balaban J connectivity index is 5.78. The van der Waals surface area contributed by atoms with Crippen LogP contribution >= 0.6 is 0 Å². The summed E-state index contributed by atoms with van der Waals surface area (Å²) in [4.78, 5) is 42.9. The maximum Gasteiger partial charge on any atom is 0.503 e. The van der Waals surface area contributed by atoms with Gasteiger partial charge in [-0.15, -0.1) is 0 Å². The van der Waals surface area contributed by atoms with Crippen molar-refractivity contribution < 1.29 is 33.5 Å². The normalized spacial score (nSPS) is 10.2. The number of ether oxygens (including phenoxy) is 3. The average Bonchev–Trinajstić information content (AvgIpc) is 2.28. The molecular formula is C7H9NO8. The minimum atomic E-state index is -3.34. The Hall–Kier alpha value is -2.19. The third-order valence-electron chi connectivity index (χ3n) is 1.72. The van der Waals surface area contributed by atoms with Gasteiger partial charge < -0.3 is 14.2 Å². The molecule has 0 N–H and O–H groups in total. The van der Waals surface area contributed by atoms with Gasteiger partial charge in [0.25, 0.3) is 0 Å². The zero-order chi connectivity index (χ0) is 12.9. The predicted molar refractivity (Wildman–Crippen MR) is 45.8 cm³/mol. The highest BCUT2D eigenvalue weighted by Crippen LogP contribution is 2.16. The Kier molecular flexibility index (Phi) is 4.36. The zero-order valence-corrected chi connectivity index (χ0v) is 8.71. The lowest BCUT2D eigenvalue weighted by atomic mass is 10.0. The van der Waals surface area contributed by atoms with Crippen molar-refractivity contribution in [3.8, 4) is 0 Å². The zero-order valence-electron chi connectivity index (χ0n) is 8.71. The first-order chi connectivity index (χ1) is 7.39. The first kappa shape index (κ1) is 13.8. The molecule has 0 amide bonds. The Morgan fingerprint density at radius 1 is 0.938 bits per heavy atom. The maximum absolute atomic E-state index is 11.2. The molecule has 0 aliphatic carbocycles. The Morgan fingerprint density at radius 3 is 1.31 bits per heavy atom. The van der Waals surface area contributed by atoms with Gasteiger partial charge in [0.2, 0.25) is 0 Å². The molecule has 0 heterocycles. The lowest BCUT2D eigenvalue weighted by Crippen LogP contribution is -2.61. The van der Waals surface area contributed by atoms with E-state index in [1.165, 1.54) is 0 Å². The molecule has 0 aliphatic rings. The van der Waals surface area contributed by atoms with Gasteiger partial charge in [0.05, 0.1) is 26.3 Å². The number of hydrogen-bond acceptors (Lipinski definition) is 8. The van der Waals surface area contributed by atoms with Gasteiger partial charge in [-0.2, -0.15) is 0 Å². The summed E-state index contributed by atoms with van der Waals surface area (Å²) in [5, 5.41) is 10.7. The number of nitrogens with zero attached hydrogens (tertiary/aromatic N) is 1. The van der Waals surface area contributed by atoms with Gasteiger partial charge in [-0.3, -0.25) is 10.1 Å². The average molecular weight is 235 g/mol. The quantitative estimate of drug-likeness (QED) is 0.190. The van der Waals surface area contributed by atoms with Crippen molar-refractivity contribution in [1.82, 2.24) is 0 Å². The third-order valence-corrected chi connectivity index (χ3v) is 1.72. The summed E-state index contributed by atoms with van der Waals surface area (Å²) >= 11 is 0. The highest BCUT2D eigenvalue weighted by molar-refractivity contribution is 6.21. The molecule has 0 unspecified atom stereocenters. The minimum Gasteiger partial charge on any atom is -0.463 e. The van der Waals surface area contributed by atoms with E-state index >= 15 is 0 Å². The van der Waals surface area contributed by atoms with Crippen molar-refractivity contribution in [3.05, 3.63) is 10.1 Å². The van der Waals surface area contributed by atoms with Gasteiger partial charge in [-0.25, -0.2) is 14.4 Å². The Morgan fingerprint density at radius 2 is 1.19 bits per heavy atom. The molecule has 0 aliphatic heterocycles. The van der Waals surface area contributed by atoms with Crippen molar-refractivity contribution in [2.75, 3.05) is 21.3 Å². The van der Waals surface area contributed by atoms with E-state index in [4.69, 9.17) is 0 Å². The molecule has 9 heteroatoms. The summed E-state index contributed by atoms with van der Waals surface area (Å²) in [5.74, 6) is -5.05. The van der Waals surface area contributed by atoms with Crippen LogP contribution in [-0.4, -0.2) is 49.7 Å². The van der Waals surface area contributed by atoms with Crippen molar-refractivity contribution >= 4 is 17.9 Å². The summed E-state index contributed by atoms with van der Waals surface area (Å²) in [6.45, 7) is 0. The SMILES string of the molecule is COC(=O)C(C(=O)OC)(C(=O)OC)[N+](=O)[O-]. The molecule has 0 atom stereocenters.